The highest BCUT2D eigenvalue weighted by Crippen LogP contribution is 2.46. The van der Waals surface area contributed by atoms with Gasteiger partial charge in [0, 0.05) is 18.2 Å². The molecule has 0 radical (unpaired) electrons. The Kier molecular flexibility index (Phi) is 8.48. The number of nitrogens with one attached hydrogen (secondary N) is 2. The van der Waals surface area contributed by atoms with Crippen LogP contribution in [0.15, 0.2) is 72.8 Å². The largest absolute Gasteiger partial charge is 0.488 e. The SMILES string of the molecule is CC(C)(C)Oc1cccc(C2(NC[C@@H](O)[C@H](Cc3cc(F)cc(F)c3)NC(=O)Cc3ccccc3)CC2)c1. The molecule has 202 valence electrons. The maximum atomic E-state index is 13.9. The summed E-state index contributed by atoms with van der Waals surface area (Å²) in [7, 11) is 0. The van der Waals surface area contributed by atoms with E-state index in [1.54, 1.807) is 0 Å². The summed E-state index contributed by atoms with van der Waals surface area (Å²) in [5.74, 6) is -0.888. The second-order valence-electron chi connectivity index (χ2n) is 11.1. The maximum absolute atomic E-state index is 13.9. The molecule has 1 aliphatic carbocycles. The minimum atomic E-state index is -0.993. The van der Waals surface area contributed by atoms with Crippen LogP contribution >= 0.6 is 0 Å². The summed E-state index contributed by atoms with van der Waals surface area (Å²) < 4.78 is 33.7. The van der Waals surface area contributed by atoms with Crippen LogP contribution in [0.1, 0.15) is 50.3 Å². The van der Waals surface area contributed by atoms with E-state index in [9.17, 15) is 18.7 Å². The lowest BCUT2D eigenvalue weighted by Gasteiger charge is -2.28. The van der Waals surface area contributed by atoms with Crippen molar-refractivity contribution in [3.63, 3.8) is 0 Å². The average Bonchev–Trinajstić information content (AvgIpc) is 3.62. The molecule has 38 heavy (non-hydrogen) atoms. The van der Waals surface area contributed by atoms with Crippen LogP contribution in [0.25, 0.3) is 0 Å². The van der Waals surface area contributed by atoms with Crippen LogP contribution in [0, 0.1) is 11.6 Å². The number of aliphatic hydroxyl groups is 1. The Labute approximate surface area is 223 Å². The van der Waals surface area contributed by atoms with Gasteiger partial charge in [-0.1, -0.05) is 42.5 Å². The van der Waals surface area contributed by atoms with Crippen molar-refractivity contribution in [1.82, 2.24) is 10.6 Å². The first-order chi connectivity index (χ1) is 18.0. The van der Waals surface area contributed by atoms with E-state index in [1.165, 1.54) is 12.1 Å². The fourth-order valence-corrected chi connectivity index (χ4v) is 4.65. The highest BCUT2D eigenvalue weighted by Gasteiger charge is 2.44. The van der Waals surface area contributed by atoms with E-state index in [0.29, 0.717) is 5.56 Å². The molecule has 0 unspecified atom stereocenters. The van der Waals surface area contributed by atoms with Gasteiger partial charge in [-0.05, 0) is 81.0 Å². The van der Waals surface area contributed by atoms with Gasteiger partial charge in [0.2, 0.25) is 5.91 Å². The van der Waals surface area contributed by atoms with Crippen molar-refractivity contribution < 1.29 is 23.4 Å². The van der Waals surface area contributed by atoms with Crippen LogP contribution in [-0.4, -0.2) is 35.3 Å². The van der Waals surface area contributed by atoms with Gasteiger partial charge in [-0.15, -0.1) is 0 Å². The molecule has 1 amide bonds. The molecule has 3 N–H and O–H groups in total. The molecule has 0 aromatic heterocycles. The lowest BCUT2D eigenvalue weighted by atomic mass is 9.99. The summed E-state index contributed by atoms with van der Waals surface area (Å²) in [4.78, 5) is 12.8. The van der Waals surface area contributed by atoms with Gasteiger partial charge in [0.15, 0.2) is 0 Å². The Morgan fingerprint density at radius 3 is 2.29 bits per heavy atom. The highest BCUT2D eigenvalue weighted by atomic mass is 19.1. The molecule has 1 saturated carbocycles. The van der Waals surface area contributed by atoms with Gasteiger partial charge < -0.3 is 20.5 Å². The molecule has 7 heteroatoms. The minimum absolute atomic E-state index is 0.0833. The van der Waals surface area contributed by atoms with Crippen LogP contribution < -0.4 is 15.4 Å². The van der Waals surface area contributed by atoms with Crippen molar-refractivity contribution in [2.45, 2.75) is 69.7 Å². The summed E-state index contributed by atoms with van der Waals surface area (Å²) >= 11 is 0. The number of halogens is 2. The van der Waals surface area contributed by atoms with Crippen molar-refractivity contribution in [3.8, 4) is 5.75 Å². The summed E-state index contributed by atoms with van der Waals surface area (Å²) in [5, 5.41) is 17.6. The van der Waals surface area contributed by atoms with E-state index in [2.05, 4.69) is 10.6 Å². The Balaban J connectivity index is 1.46. The molecule has 0 aliphatic heterocycles. The third-order valence-corrected chi connectivity index (χ3v) is 6.61. The molecular formula is C31H36F2N2O3. The van der Waals surface area contributed by atoms with E-state index in [-0.39, 0.29) is 36.4 Å². The van der Waals surface area contributed by atoms with E-state index < -0.39 is 23.8 Å². The van der Waals surface area contributed by atoms with Crippen molar-refractivity contribution in [1.29, 1.82) is 0 Å². The third-order valence-electron chi connectivity index (χ3n) is 6.61. The van der Waals surface area contributed by atoms with Gasteiger partial charge in [0.25, 0.3) is 0 Å². The van der Waals surface area contributed by atoms with E-state index in [1.807, 2.05) is 75.4 Å². The van der Waals surface area contributed by atoms with Crippen molar-refractivity contribution in [3.05, 3.63) is 101 Å². The van der Waals surface area contributed by atoms with Crippen molar-refractivity contribution >= 4 is 5.91 Å². The Bertz CT molecular complexity index is 1220. The Hall–Kier alpha value is -3.29. The number of aliphatic hydroxyl groups excluding tert-OH is 1. The normalized spacial score (nSPS) is 15.9. The van der Waals surface area contributed by atoms with Gasteiger partial charge in [-0.25, -0.2) is 8.78 Å². The highest BCUT2D eigenvalue weighted by molar-refractivity contribution is 5.79. The number of amides is 1. The second-order valence-corrected chi connectivity index (χ2v) is 11.1. The molecular weight excluding hydrogens is 486 g/mol. The molecule has 5 nitrogen and oxygen atoms in total. The van der Waals surface area contributed by atoms with Gasteiger partial charge >= 0.3 is 0 Å². The molecule has 1 fully saturated rings. The Morgan fingerprint density at radius 1 is 0.974 bits per heavy atom. The summed E-state index contributed by atoms with van der Waals surface area (Å²) in [5.41, 5.74) is 1.66. The standard InChI is InChI=1S/C31H36F2N2O3/c1-30(2,3)38-26-11-7-10-23(18-26)31(12-13-31)34-20-28(36)27(16-22-14-24(32)19-25(33)15-22)35-29(37)17-21-8-5-4-6-9-21/h4-11,14-15,18-19,27-28,34,36H,12-13,16-17,20H2,1-3H3,(H,35,37)/t27-,28+/m0/s1. The number of rotatable bonds is 11. The number of hydrogen-bond donors (Lipinski definition) is 3. The number of hydrogen-bond acceptors (Lipinski definition) is 4. The molecule has 0 heterocycles. The number of ether oxygens (including phenoxy) is 1. The first-order valence-corrected chi connectivity index (χ1v) is 13.0. The topological polar surface area (TPSA) is 70.6 Å². The van der Waals surface area contributed by atoms with Crippen LogP contribution in [0.2, 0.25) is 0 Å². The van der Waals surface area contributed by atoms with Gasteiger partial charge in [-0.3, -0.25) is 4.79 Å². The smallest absolute Gasteiger partial charge is 0.224 e. The monoisotopic (exact) mass is 522 g/mol. The first-order valence-electron chi connectivity index (χ1n) is 13.0. The molecule has 2 atom stereocenters. The lowest BCUT2D eigenvalue weighted by molar-refractivity contribution is -0.122. The second kappa shape index (κ2) is 11.6. The van der Waals surface area contributed by atoms with E-state index >= 15 is 0 Å². The van der Waals surface area contributed by atoms with Crippen LogP contribution in [-0.2, 0) is 23.2 Å². The molecule has 0 spiro atoms. The van der Waals surface area contributed by atoms with E-state index in [4.69, 9.17) is 4.74 Å². The summed E-state index contributed by atoms with van der Waals surface area (Å²) in [6.07, 6.45) is 1.03. The first kappa shape index (κ1) is 27.7. The third kappa shape index (κ3) is 7.85. The van der Waals surface area contributed by atoms with E-state index in [0.717, 1.165) is 35.8 Å². The fourth-order valence-electron chi connectivity index (χ4n) is 4.65. The number of carbonyl (C=O) groups excluding carboxylic acids is 1. The molecule has 4 rings (SSSR count). The predicted octanol–water partition coefficient (Wildman–Crippen LogP) is 5.05. The fraction of sp³-hybridized carbons (Fsp3) is 0.387. The summed E-state index contributed by atoms with van der Waals surface area (Å²) in [6.45, 7) is 6.19. The molecule has 3 aromatic rings. The van der Waals surface area contributed by atoms with Crippen LogP contribution in [0.5, 0.6) is 5.75 Å². The Morgan fingerprint density at radius 2 is 1.66 bits per heavy atom. The van der Waals surface area contributed by atoms with Gasteiger partial charge in [0.05, 0.1) is 18.6 Å². The maximum Gasteiger partial charge on any atom is 0.224 e. The molecule has 3 aromatic carbocycles. The molecule has 0 saturated heterocycles. The van der Waals surface area contributed by atoms with Crippen molar-refractivity contribution in [2.75, 3.05) is 6.54 Å². The number of carbonyl (C=O) groups is 1. The number of benzene rings is 3. The molecule has 1 aliphatic rings. The van der Waals surface area contributed by atoms with Gasteiger partial charge in [0.1, 0.15) is 23.0 Å². The van der Waals surface area contributed by atoms with Crippen LogP contribution in [0.3, 0.4) is 0 Å². The zero-order valence-electron chi connectivity index (χ0n) is 22.1. The zero-order chi connectivity index (χ0) is 27.3. The molecule has 0 bridgehead atoms. The van der Waals surface area contributed by atoms with Crippen LogP contribution in [0.4, 0.5) is 8.78 Å². The average molecular weight is 523 g/mol. The summed E-state index contributed by atoms with van der Waals surface area (Å²) in [6, 6.07) is 19.7. The minimum Gasteiger partial charge on any atom is -0.488 e. The van der Waals surface area contributed by atoms with Crippen molar-refractivity contribution in [2.24, 2.45) is 0 Å². The lowest BCUT2D eigenvalue weighted by Crippen LogP contribution is -2.50. The van der Waals surface area contributed by atoms with Gasteiger partial charge in [-0.2, -0.15) is 0 Å². The zero-order valence-corrected chi connectivity index (χ0v) is 22.1. The predicted molar refractivity (Wildman–Crippen MR) is 144 cm³/mol. The quantitative estimate of drug-likeness (QED) is 0.330.